The Kier molecular flexibility index (Phi) is 3.53. The van der Waals surface area contributed by atoms with E-state index in [1.807, 2.05) is 6.07 Å². The van der Waals surface area contributed by atoms with Crippen LogP contribution < -0.4 is 0 Å². The van der Waals surface area contributed by atoms with Gasteiger partial charge in [0.1, 0.15) is 18.1 Å². The quantitative estimate of drug-likeness (QED) is 0.918. The van der Waals surface area contributed by atoms with Crippen LogP contribution in [0.4, 0.5) is 0 Å². The van der Waals surface area contributed by atoms with E-state index in [-0.39, 0.29) is 12.2 Å². The van der Waals surface area contributed by atoms with E-state index in [9.17, 15) is 4.79 Å². The largest absolute Gasteiger partial charge is 0.481 e. The van der Waals surface area contributed by atoms with Gasteiger partial charge in [0.2, 0.25) is 0 Å². The molecule has 1 N–H and O–H groups in total. The zero-order chi connectivity index (χ0) is 13.1. The minimum absolute atomic E-state index is 0.225. The molecule has 0 spiro atoms. The van der Waals surface area contributed by atoms with Crippen LogP contribution in [0.2, 0.25) is 5.02 Å². The minimum atomic E-state index is -0.974. The van der Waals surface area contributed by atoms with Gasteiger partial charge in [0.15, 0.2) is 5.82 Å². The van der Waals surface area contributed by atoms with Crippen LogP contribution in [0.25, 0.3) is 11.4 Å². The number of halogens is 1. The third kappa shape index (κ3) is 3.01. The molecule has 0 radical (unpaired) electrons. The molecule has 0 saturated carbocycles. The van der Waals surface area contributed by atoms with Gasteiger partial charge in [0, 0.05) is 10.6 Å². The molecular weight excluding hydrogens is 254 g/mol. The van der Waals surface area contributed by atoms with Gasteiger partial charge in [-0.25, -0.2) is 15.0 Å². The van der Waals surface area contributed by atoms with E-state index in [1.165, 1.54) is 0 Å². The van der Waals surface area contributed by atoms with Gasteiger partial charge < -0.3 is 5.11 Å². The first kappa shape index (κ1) is 12.4. The van der Waals surface area contributed by atoms with Crippen LogP contribution in [-0.4, -0.2) is 26.0 Å². The highest BCUT2D eigenvalue weighted by atomic mass is 35.5. The fourth-order valence-corrected chi connectivity index (χ4v) is 1.70. The molecule has 0 atom stereocenters. The molecule has 0 aliphatic heterocycles. The summed E-state index contributed by atoms with van der Waals surface area (Å²) in [5.41, 5.74) is 0.736. The molecule has 0 bridgehead atoms. The number of hydrogen-bond acceptors (Lipinski definition) is 4. The summed E-state index contributed by atoms with van der Waals surface area (Å²) in [5, 5.41) is 9.32. The standard InChI is InChI=1S/C12H10ClN3O2/c1-7-14-10(6-11(17)18)16-12(15-7)8-3-2-4-9(13)5-8/h2-5H,6H2,1H3,(H,17,18). The Balaban J connectivity index is 2.44. The molecule has 1 aromatic carbocycles. The zero-order valence-corrected chi connectivity index (χ0v) is 10.3. The molecule has 0 aliphatic carbocycles. The van der Waals surface area contributed by atoms with Crippen molar-refractivity contribution in [1.29, 1.82) is 0 Å². The highest BCUT2D eigenvalue weighted by molar-refractivity contribution is 6.30. The summed E-state index contributed by atoms with van der Waals surface area (Å²) >= 11 is 5.89. The van der Waals surface area contributed by atoms with Crippen LogP contribution in [0.1, 0.15) is 11.6 Å². The Hall–Kier alpha value is -2.01. The maximum Gasteiger partial charge on any atom is 0.311 e. The molecule has 2 aromatic rings. The van der Waals surface area contributed by atoms with Crippen LogP contribution in [0.3, 0.4) is 0 Å². The third-order valence-electron chi connectivity index (χ3n) is 2.19. The lowest BCUT2D eigenvalue weighted by molar-refractivity contribution is -0.136. The SMILES string of the molecule is Cc1nc(CC(=O)O)nc(-c2cccc(Cl)c2)n1. The molecule has 0 aliphatic rings. The molecule has 2 rings (SSSR count). The smallest absolute Gasteiger partial charge is 0.311 e. The van der Waals surface area contributed by atoms with Crippen molar-refractivity contribution in [2.75, 3.05) is 0 Å². The second-order valence-electron chi connectivity index (χ2n) is 3.70. The van der Waals surface area contributed by atoms with Crippen molar-refractivity contribution in [3.05, 3.63) is 40.9 Å². The average Bonchev–Trinajstić information content (AvgIpc) is 2.27. The Labute approximate surface area is 109 Å². The fraction of sp³-hybridized carbons (Fsp3) is 0.167. The molecule has 6 heteroatoms. The lowest BCUT2D eigenvalue weighted by atomic mass is 10.2. The number of rotatable bonds is 3. The highest BCUT2D eigenvalue weighted by Crippen LogP contribution is 2.19. The summed E-state index contributed by atoms with van der Waals surface area (Å²) in [6.45, 7) is 1.70. The van der Waals surface area contributed by atoms with Crippen LogP contribution in [0.15, 0.2) is 24.3 Å². The van der Waals surface area contributed by atoms with E-state index < -0.39 is 5.97 Å². The van der Waals surface area contributed by atoms with Crippen molar-refractivity contribution in [1.82, 2.24) is 15.0 Å². The first-order chi connectivity index (χ1) is 8.54. The summed E-state index contributed by atoms with van der Waals surface area (Å²) in [5.74, 6) is 0.181. The molecule has 0 amide bonds. The molecular formula is C12H10ClN3O2. The lowest BCUT2D eigenvalue weighted by Crippen LogP contribution is -2.08. The average molecular weight is 264 g/mol. The highest BCUT2D eigenvalue weighted by Gasteiger charge is 2.09. The summed E-state index contributed by atoms with van der Waals surface area (Å²) < 4.78 is 0. The number of aromatic nitrogens is 3. The molecule has 5 nitrogen and oxygen atoms in total. The second-order valence-corrected chi connectivity index (χ2v) is 4.14. The molecule has 0 unspecified atom stereocenters. The third-order valence-corrected chi connectivity index (χ3v) is 2.42. The van der Waals surface area contributed by atoms with Crippen molar-refractivity contribution in [2.45, 2.75) is 13.3 Å². The van der Waals surface area contributed by atoms with Gasteiger partial charge >= 0.3 is 5.97 Å². The minimum Gasteiger partial charge on any atom is -0.481 e. The maximum absolute atomic E-state index is 10.7. The molecule has 1 heterocycles. The molecule has 0 saturated heterocycles. The van der Waals surface area contributed by atoms with Gasteiger partial charge in [-0.1, -0.05) is 23.7 Å². The predicted molar refractivity (Wildman–Crippen MR) is 66.3 cm³/mol. The van der Waals surface area contributed by atoms with Crippen molar-refractivity contribution >= 4 is 17.6 Å². The number of aliphatic carboxylic acids is 1. The second kappa shape index (κ2) is 5.10. The number of carboxylic acid groups (broad SMARTS) is 1. The summed E-state index contributed by atoms with van der Waals surface area (Å²) in [4.78, 5) is 22.9. The van der Waals surface area contributed by atoms with E-state index >= 15 is 0 Å². The van der Waals surface area contributed by atoms with E-state index in [4.69, 9.17) is 16.7 Å². The van der Waals surface area contributed by atoms with E-state index in [1.54, 1.807) is 25.1 Å². The molecule has 0 fully saturated rings. The van der Waals surface area contributed by atoms with Gasteiger partial charge in [-0.3, -0.25) is 4.79 Å². The van der Waals surface area contributed by atoms with Crippen LogP contribution >= 0.6 is 11.6 Å². The van der Waals surface area contributed by atoms with Gasteiger partial charge in [0.05, 0.1) is 0 Å². The summed E-state index contributed by atoms with van der Waals surface area (Å²) in [6.07, 6.45) is -0.225. The number of hydrogen-bond donors (Lipinski definition) is 1. The summed E-state index contributed by atoms with van der Waals surface area (Å²) in [6, 6.07) is 7.07. The van der Waals surface area contributed by atoms with E-state index in [2.05, 4.69) is 15.0 Å². The first-order valence-electron chi connectivity index (χ1n) is 5.24. The molecule has 18 heavy (non-hydrogen) atoms. The normalized spacial score (nSPS) is 10.3. The maximum atomic E-state index is 10.7. The Morgan fingerprint density at radius 2 is 2.11 bits per heavy atom. The fourth-order valence-electron chi connectivity index (χ4n) is 1.51. The molecule has 1 aromatic heterocycles. The van der Waals surface area contributed by atoms with E-state index in [0.29, 0.717) is 16.7 Å². The Morgan fingerprint density at radius 1 is 1.33 bits per heavy atom. The monoisotopic (exact) mass is 263 g/mol. The van der Waals surface area contributed by atoms with Gasteiger partial charge in [-0.05, 0) is 19.1 Å². The van der Waals surface area contributed by atoms with Crippen LogP contribution in [-0.2, 0) is 11.2 Å². The molecule has 92 valence electrons. The van der Waals surface area contributed by atoms with E-state index in [0.717, 1.165) is 5.56 Å². The Morgan fingerprint density at radius 3 is 2.78 bits per heavy atom. The summed E-state index contributed by atoms with van der Waals surface area (Å²) in [7, 11) is 0. The van der Waals surface area contributed by atoms with Gasteiger partial charge in [-0.2, -0.15) is 0 Å². The number of carboxylic acids is 1. The van der Waals surface area contributed by atoms with Gasteiger partial charge in [0.25, 0.3) is 0 Å². The lowest BCUT2D eigenvalue weighted by Gasteiger charge is -2.04. The predicted octanol–water partition coefficient (Wildman–Crippen LogP) is 2.13. The van der Waals surface area contributed by atoms with Crippen molar-refractivity contribution < 1.29 is 9.90 Å². The van der Waals surface area contributed by atoms with Gasteiger partial charge in [-0.15, -0.1) is 0 Å². The first-order valence-corrected chi connectivity index (χ1v) is 5.61. The van der Waals surface area contributed by atoms with Crippen molar-refractivity contribution in [3.63, 3.8) is 0 Å². The zero-order valence-electron chi connectivity index (χ0n) is 9.59. The van der Waals surface area contributed by atoms with Crippen molar-refractivity contribution in [3.8, 4) is 11.4 Å². The van der Waals surface area contributed by atoms with Crippen LogP contribution in [0, 0.1) is 6.92 Å². The number of aryl methyl sites for hydroxylation is 1. The number of benzene rings is 1. The van der Waals surface area contributed by atoms with Crippen LogP contribution in [0.5, 0.6) is 0 Å². The topological polar surface area (TPSA) is 76.0 Å². The number of nitrogens with zero attached hydrogens (tertiary/aromatic N) is 3. The Bertz CT molecular complexity index is 602. The number of carbonyl (C=O) groups is 1. The van der Waals surface area contributed by atoms with Crippen molar-refractivity contribution in [2.24, 2.45) is 0 Å².